The highest BCUT2D eigenvalue weighted by atomic mass is 19.4. The van der Waals surface area contributed by atoms with Crippen LogP contribution < -0.4 is 5.32 Å². The van der Waals surface area contributed by atoms with Crippen LogP contribution in [0.15, 0.2) is 71.1 Å². The maximum Gasteiger partial charge on any atom is 0.417 e. The van der Waals surface area contributed by atoms with E-state index in [4.69, 9.17) is 4.42 Å². The summed E-state index contributed by atoms with van der Waals surface area (Å²) in [5.41, 5.74) is 0.351. The van der Waals surface area contributed by atoms with Crippen molar-refractivity contribution in [2.75, 3.05) is 5.32 Å². The van der Waals surface area contributed by atoms with Crippen LogP contribution in [0.2, 0.25) is 0 Å². The standard InChI is InChI=1S/C20H12F3NO2/c21-20(22,23)16-7-3-1-6-14(16)19(25)24-12-9-10-18-15(11-12)13-5-2-4-8-17(13)26-18/h1-11H,(H,24,25). The molecule has 26 heavy (non-hydrogen) atoms. The molecule has 0 radical (unpaired) electrons. The number of alkyl halides is 3. The zero-order valence-corrected chi connectivity index (χ0v) is 13.3. The minimum atomic E-state index is -4.60. The number of carbonyl (C=O) groups excluding carboxylic acids is 1. The second-order valence-corrected chi connectivity index (χ2v) is 5.81. The Kier molecular flexibility index (Phi) is 3.68. The van der Waals surface area contributed by atoms with Crippen molar-refractivity contribution in [2.24, 2.45) is 0 Å². The summed E-state index contributed by atoms with van der Waals surface area (Å²) in [7, 11) is 0. The van der Waals surface area contributed by atoms with Gasteiger partial charge in [0.1, 0.15) is 11.2 Å². The molecule has 130 valence electrons. The summed E-state index contributed by atoms with van der Waals surface area (Å²) in [6.45, 7) is 0. The van der Waals surface area contributed by atoms with Gasteiger partial charge in [-0.2, -0.15) is 13.2 Å². The number of rotatable bonds is 2. The van der Waals surface area contributed by atoms with E-state index in [1.54, 1.807) is 18.2 Å². The molecule has 0 bridgehead atoms. The van der Waals surface area contributed by atoms with Crippen LogP contribution in [0.4, 0.5) is 18.9 Å². The van der Waals surface area contributed by atoms with Gasteiger partial charge in [-0.05, 0) is 36.4 Å². The second-order valence-electron chi connectivity index (χ2n) is 5.81. The molecular weight excluding hydrogens is 343 g/mol. The van der Waals surface area contributed by atoms with Crippen LogP contribution in [0.3, 0.4) is 0 Å². The summed E-state index contributed by atoms with van der Waals surface area (Å²) in [5.74, 6) is -0.815. The molecule has 0 spiro atoms. The van der Waals surface area contributed by atoms with E-state index in [2.05, 4.69) is 5.32 Å². The first-order valence-corrected chi connectivity index (χ1v) is 7.82. The van der Waals surface area contributed by atoms with Gasteiger partial charge in [-0.3, -0.25) is 4.79 Å². The number of benzene rings is 3. The lowest BCUT2D eigenvalue weighted by molar-refractivity contribution is -0.137. The van der Waals surface area contributed by atoms with Crippen LogP contribution in [0.5, 0.6) is 0 Å². The van der Waals surface area contributed by atoms with Gasteiger partial charge in [0.15, 0.2) is 0 Å². The highest BCUT2D eigenvalue weighted by molar-refractivity contribution is 6.09. The molecular formula is C20H12F3NO2. The third-order valence-corrected chi connectivity index (χ3v) is 4.11. The van der Waals surface area contributed by atoms with E-state index in [9.17, 15) is 18.0 Å². The number of nitrogens with one attached hydrogen (secondary N) is 1. The van der Waals surface area contributed by atoms with E-state index < -0.39 is 23.2 Å². The van der Waals surface area contributed by atoms with E-state index in [1.165, 1.54) is 12.1 Å². The number of halogens is 3. The zero-order chi connectivity index (χ0) is 18.3. The Balaban J connectivity index is 1.72. The van der Waals surface area contributed by atoms with Gasteiger partial charge in [0.2, 0.25) is 0 Å². The molecule has 0 aliphatic carbocycles. The summed E-state index contributed by atoms with van der Waals surface area (Å²) in [5, 5.41) is 4.19. The Labute approximate surface area is 146 Å². The van der Waals surface area contributed by atoms with Gasteiger partial charge in [-0.1, -0.05) is 30.3 Å². The van der Waals surface area contributed by atoms with Crippen molar-refractivity contribution < 1.29 is 22.4 Å². The second kappa shape index (κ2) is 5.91. The fourth-order valence-corrected chi connectivity index (χ4v) is 2.93. The quantitative estimate of drug-likeness (QED) is 0.489. The Morgan fingerprint density at radius 3 is 2.35 bits per heavy atom. The number of hydrogen-bond acceptors (Lipinski definition) is 2. The number of fused-ring (bicyclic) bond motifs is 3. The molecule has 0 atom stereocenters. The first-order valence-electron chi connectivity index (χ1n) is 7.82. The third-order valence-electron chi connectivity index (χ3n) is 4.11. The van der Waals surface area contributed by atoms with E-state index in [0.29, 0.717) is 16.9 Å². The Hall–Kier alpha value is -3.28. The first-order chi connectivity index (χ1) is 12.4. The smallest absolute Gasteiger partial charge is 0.417 e. The van der Waals surface area contributed by atoms with Crippen molar-refractivity contribution >= 4 is 33.5 Å². The molecule has 4 rings (SSSR count). The monoisotopic (exact) mass is 355 g/mol. The van der Waals surface area contributed by atoms with Crippen LogP contribution in [0.25, 0.3) is 21.9 Å². The number of anilines is 1. The summed E-state index contributed by atoms with van der Waals surface area (Å²) in [6, 6.07) is 17.1. The lowest BCUT2D eigenvalue weighted by Gasteiger charge is -2.12. The molecule has 3 aromatic carbocycles. The van der Waals surface area contributed by atoms with Crippen LogP contribution in [0.1, 0.15) is 15.9 Å². The van der Waals surface area contributed by atoms with Gasteiger partial charge in [0, 0.05) is 16.5 Å². The van der Waals surface area contributed by atoms with Crippen molar-refractivity contribution in [3.05, 3.63) is 77.9 Å². The lowest BCUT2D eigenvalue weighted by atomic mass is 10.1. The molecule has 1 N–H and O–H groups in total. The molecule has 1 heterocycles. The predicted molar refractivity (Wildman–Crippen MR) is 93.1 cm³/mol. The Morgan fingerprint density at radius 1 is 0.846 bits per heavy atom. The maximum atomic E-state index is 13.1. The summed E-state index contributed by atoms with van der Waals surface area (Å²) >= 11 is 0. The number of furan rings is 1. The van der Waals surface area contributed by atoms with Crippen molar-refractivity contribution in [2.45, 2.75) is 6.18 Å². The molecule has 0 aliphatic rings. The molecule has 3 nitrogen and oxygen atoms in total. The SMILES string of the molecule is O=C(Nc1ccc2oc3ccccc3c2c1)c1ccccc1C(F)(F)F. The molecule has 0 saturated heterocycles. The molecule has 0 unspecified atom stereocenters. The molecule has 0 saturated carbocycles. The number of carbonyl (C=O) groups is 1. The molecule has 1 aromatic heterocycles. The van der Waals surface area contributed by atoms with Crippen LogP contribution in [0, 0.1) is 0 Å². The predicted octanol–water partition coefficient (Wildman–Crippen LogP) is 5.86. The summed E-state index contributed by atoms with van der Waals surface area (Å²) in [4.78, 5) is 12.4. The fourth-order valence-electron chi connectivity index (χ4n) is 2.93. The van der Waals surface area contributed by atoms with Gasteiger partial charge in [0.05, 0.1) is 11.1 Å². The molecule has 6 heteroatoms. The summed E-state index contributed by atoms with van der Waals surface area (Å²) < 4.78 is 45.0. The van der Waals surface area contributed by atoms with E-state index in [-0.39, 0.29) is 0 Å². The van der Waals surface area contributed by atoms with Gasteiger partial charge in [-0.15, -0.1) is 0 Å². The van der Waals surface area contributed by atoms with Gasteiger partial charge in [0.25, 0.3) is 5.91 Å². The van der Waals surface area contributed by atoms with E-state index in [1.807, 2.05) is 24.3 Å². The zero-order valence-electron chi connectivity index (χ0n) is 13.3. The van der Waals surface area contributed by atoms with Crippen molar-refractivity contribution in [1.82, 2.24) is 0 Å². The van der Waals surface area contributed by atoms with Crippen LogP contribution in [-0.4, -0.2) is 5.91 Å². The third kappa shape index (κ3) is 2.79. The average molecular weight is 355 g/mol. The normalized spacial score (nSPS) is 11.8. The maximum absolute atomic E-state index is 13.1. The molecule has 0 fully saturated rings. The minimum Gasteiger partial charge on any atom is -0.456 e. The van der Waals surface area contributed by atoms with Crippen molar-refractivity contribution in [3.8, 4) is 0 Å². The lowest BCUT2D eigenvalue weighted by Crippen LogP contribution is -2.18. The largest absolute Gasteiger partial charge is 0.456 e. The van der Waals surface area contributed by atoms with Gasteiger partial charge < -0.3 is 9.73 Å². The average Bonchev–Trinajstić information content (AvgIpc) is 2.99. The molecule has 1 amide bonds. The minimum absolute atomic E-state index is 0.394. The van der Waals surface area contributed by atoms with Gasteiger partial charge in [-0.25, -0.2) is 0 Å². The van der Waals surface area contributed by atoms with Crippen molar-refractivity contribution in [1.29, 1.82) is 0 Å². The van der Waals surface area contributed by atoms with E-state index in [0.717, 1.165) is 22.9 Å². The van der Waals surface area contributed by atoms with E-state index >= 15 is 0 Å². The van der Waals surface area contributed by atoms with Crippen molar-refractivity contribution in [3.63, 3.8) is 0 Å². The molecule has 0 aliphatic heterocycles. The van der Waals surface area contributed by atoms with Crippen LogP contribution in [-0.2, 0) is 6.18 Å². The number of para-hydroxylation sites is 1. The highest BCUT2D eigenvalue weighted by Gasteiger charge is 2.34. The summed E-state index contributed by atoms with van der Waals surface area (Å²) in [6.07, 6.45) is -4.60. The highest BCUT2D eigenvalue weighted by Crippen LogP contribution is 2.33. The topological polar surface area (TPSA) is 42.2 Å². The Morgan fingerprint density at radius 2 is 1.54 bits per heavy atom. The van der Waals surface area contributed by atoms with Gasteiger partial charge >= 0.3 is 6.18 Å². The molecule has 4 aromatic rings. The first kappa shape index (κ1) is 16.2. The fraction of sp³-hybridized carbons (Fsp3) is 0.0500. The van der Waals surface area contributed by atoms with Crippen LogP contribution >= 0.6 is 0 Å². The Bertz CT molecular complexity index is 1130. The number of hydrogen-bond donors (Lipinski definition) is 1. The number of amides is 1.